The first-order valence-corrected chi connectivity index (χ1v) is 5.68. The Balaban J connectivity index is 2.56. The van der Waals surface area contributed by atoms with Gasteiger partial charge in [0.1, 0.15) is 0 Å². The topological polar surface area (TPSA) is 55.6 Å². The number of amides is 1. The number of rotatable bonds is 3. The van der Waals surface area contributed by atoms with Crippen molar-refractivity contribution < 1.29 is 9.53 Å². The largest absolute Gasteiger partial charge is 0.375 e. The Hall–Kier alpha value is -0.610. The summed E-state index contributed by atoms with van der Waals surface area (Å²) in [6.07, 6.45) is 0.910. The van der Waals surface area contributed by atoms with Gasteiger partial charge in [0.15, 0.2) is 0 Å². The second kappa shape index (κ2) is 5.47. The average molecular weight is 214 g/mol. The summed E-state index contributed by atoms with van der Waals surface area (Å²) < 4.78 is 5.49. The normalized spacial score (nSPS) is 28.9. The van der Waals surface area contributed by atoms with Gasteiger partial charge in [0.2, 0.25) is 5.91 Å². The zero-order valence-corrected chi connectivity index (χ0v) is 9.90. The van der Waals surface area contributed by atoms with Crippen molar-refractivity contribution in [2.45, 2.75) is 39.3 Å². The molecule has 1 aliphatic heterocycles. The Kier molecular flexibility index (Phi) is 4.54. The van der Waals surface area contributed by atoms with E-state index in [4.69, 9.17) is 10.5 Å². The molecule has 1 saturated heterocycles. The highest BCUT2D eigenvalue weighted by Gasteiger charge is 2.29. The Labute approximate surface area is 91.8 Å². The van der Waals surface area contributed by atoms with Crippen LogP contribution in [0.15, 0.2) is 0 Å². The van der Waals surface area contributed by atoms with Crippen molar-refractivity contribution >= 4 is 5.91 Å². The van der Waals surface area contributed by atoms with Gasteiger partial charge in [-0.3, -0.25) is 4.79 Å². The summed E-state index contributed by atoms with van der Waals surface area (Å²) in [5.74, 6) is 0.242. The molecule has 1 fully saturated rings. The van der Waals surface area contributed by atoms with Crippen LogP contribution in [-0.4, -0.2) is 42.6 Å². The second-order valence-corrected chi connectivity index (χ2v) is 4.46. The molecule has 3 atom stereocenters. The second-order valence-electron chi connectivity index (χ2n) is 4.46. The van der Waals surface area contributed by atoms with Gasteiger partial charge in [0.05, 0.1) is 18.8 Å². The highest BCUT2D eigenvalue weighted by atomic mass is 16.5. The molecule has 2 N–H and O–H groups in total. The number of carbonyl (C=O) groups is 1. The molecular formula is C11H22N2O2. The smallest absolute Gasteiger partial charge is 0.225 e. The molecule has 1 amide bonds. The van der Waals surface area contributed by atoms with Gasteiger partial charge >= 0.3 is 0 Å². The number of nitrogens with zero attached hydrogens (tertiary/aromatic N) is 1. The van der Waals surface area contributed by atoms with Crippen molar-refractivity contribution in [2.75, 3.05) is 19.7 Å². The van der Waals surface area contributed by atoms with Crippen molar-refractivity contribution in [1.29, 1.82) is 0 Å². The van der Waals surface area contributed by atoms with E-state index in [-0.39, 0.29) is 24.0 Å². The van der Waals surface area contributed by atoms with E-state index in [9.17, 15) is 4.79 Å². The summed E-state index contributed by atoms with van der Waals surface area (Å²) in [5.41, 5.74) is 5.46. The molecule has 0 radical (unpaired) electrons. The number of hydrogen-bond acceptors (Lipinski definition) is 3. The zero-order chi connectivity index (χ0) is 11.4. The van der Waals surface area contributed by atoms with Gasteiger partial charge in [-0.15, -0.1) is 0 Å². The molecule has 0 spiro atoms. The predicted octanol–water partition coefficient (Wildman–Crippen LogP) is 0.607. The summed E-state index contributed by atoms with van der Waals surface area (Å²) in [7, 11) is 0. The van der Waals surface area contributed by atoms with Gasteiger partial charge < -0.3 is 15.4 Å². The minimum absolute atomic E-state index is 0.0303. The molecule has 1 rings (SSSR count). The molecule has 0 aromatic rings. The fraction of sp³-hybridized carbons (Fsp3) is 0.909. The minimum atomic E-state index is 0.0303. The lowest BCUT2D eigenvalue weighted by Crippen LogP contribution is -2.51. The first-order valence-electron chi connectivity index (χ1n) is 5.68. The molecule has 3 unspecified atom stereocenters. The van der Waals surface area contributed by atoms with Crippen LogP contribution in [0.2, 0.25) is 0 Å². The van der Waals surface area contributed by atoms with E-state index in [0.717, 1.165) is 6.42 Å². The van der Waals surface area contributed by atoms with Crippen LogP contribution in [0.25, 0.3) is 0 Å². The third-order valence-corrected chi connectivity index (χ3v) is 2.91. The predicted molar refractivity (Wildman–Crippen MR) is 59.4 cm³/mol. The van der Waals surface area contributed by atoms with Gasteiger partial charge in [-0.2, -0.15) is 0 Å². The molecule has 4 nitrogen and oxygen atoms in total. The molecule has 1 heterocycles. The molecular weight excluding hydrogens is 192 g/mol. The van der Waals surface area contributed by atoms with E-state index < -0.39 is 0 Å². The lowest BCUT2D eigenvalue weighted by Gasteiger charge is -2.38. The van der Waals surface area contributed by atoms with Crippen molar-refractivity contribution in [1.82, 2.24) is 4.90 Å². The summed E-state index contributed by atoms with van der Waals surface area (Å²) in [6, 6.07) is 0.189. The third-order valence-electron chi connectivity index (χ3n) is 2.91. The first-order chi connectivity index (χ1) is 7.06. The van der Waals surface area contributed by atoms with Crippen molar-refractivity contribution in [3.8, 4) is 0 Å². The van der Waals surface area contributed by atoms with Crippen LogP contribution in [0, 0.1) is 5.92 Å². The van der Waals surface area contributed by atoms with E-state index >= 15 is 0 Å². The molecule has 0 saturated carbocycles. The van der Waals surface area contributed by atoms with Crippen LogP contribution in [0.4, 0.5) is 0 Å². The summed E-state index contributed by atoms with van der Waals surface area (Å²) >= 11 is 0. The van der Waals surface area contributed by atoms with Crippen LogP contribution in [0.3, 0.4) is 0 Å². The van der Waals surface area contributed by atoms with Crippen molar-refractivity contribution in [3.63, 3.8) is 0 Å². The van der Waals surface area contributed by atoms with E-state index in [1.807, 2.05) is 25.7 Å². The Morgan fingerprint density at radius 2 is 2.27 bits per heavy atom. The van der Waals surface area contributed by atoms with E-state index in [0.29, 0.717) is 19.7 Å². The Bertz CT molecular complexity index is 221. The van der Waals surface area contributed by atoms with E-state index in [1.165, 1.54) is 0 Å². The summed E-state index contributed by atoms with van der Waals surface area (Å²) in [5, 5.41) is 0. The third kappa shape index (κ3) is 3.18. The lowest BCUT2D eigenvalue weighted by molar-refractivity contribution is -0.147. The van der Waals surface area contributed by atoms with Gasteiger partial charge in [-0.25, -0.2) is 0 Å². The number of ether oxygens (including phenoxy) is 1. The van der Waals surface area contributed by atoms with Crippen LogP contribution < -0.4 is 5.73 Å². The maximum Gasteiger partial charge on any atom is 0.225 e. The summed E-state index contributed by atoms with van der Waals surface area (Å²) in [6.45, 7) is 7.89. The SMILES string of the molecule is CC1CN(C(=O)C(C)CCN)C(C)CO1. The van der Waals surface area contributed by atoms with Crippen molar-refractivity contribution in [3.05, 3.63) is 0 Å². The molecule has 0 aliphatic carbocycles. The molecule has 1 aliphatic rings. The fourth-order valence-corrected chi connectivity index (χ4v) is 1.87. The first kappa shape index (κ1) is 12.5. The van der Waals surface area contributed by atoms with Crippen LogP contribution in [-0.2, 0) is 9.53 Å². The number of hydrogen-bond donors (Lipinski definition) is 1. The van der Waals surface area contributed by atoms with Gasteiger partial charge in [-0.05, 0) is 26.8 Å². The maximum atomic E-state index is 12.1. The standard InChI is InChI=1S/C11H22N2O2/c1-8(4-5-12)11(14)13-6-10(3)15-7-9(13)2/h8-10H,4-7,12H2,1-3H3. The van der Waals surface area contributed by atoms with Crippen LogP contribution >= 0.6 is 0 Å². The van der Waals surface area contributed by atoms with Crippen LogP contribution in [0.5, 0.6) is 0 Å². The number of carbonyl (C=O) groups excluding carboxylic acids is 1. The quantitative estimate of drug-likeness (QED) is 0.749. The molecule has 15 heavy (non-hydrogen) atoms. The molecule has 0 aromatic heterocycles. The molecule has 0 bridgehead atoms. The molecule has 4 heteroatoms. The Morgan fingerprint density at radius 1 is 1.60 bits per heavy atom. The minimum Gasteiger partial charge on any atom is -0.375 e. The summed E-state index contributed by atoms with van der Waals surface area (Å²) in [4.78, 5) is 14.0. The highest BCUT2D eigenvalue weighted by molar-refractivity contribution is 5.78. The monoisotopic (exact) mass is 214 g/mol. The van der Waals surface area contributed by atoms with Gasteiger partial charge in [0.25, 0.3) is 0 Å². The Morgan fingerprint density at radius 3 is 2.87 bits per heavy atom. The fourth-order valence-electron chi connectivity index (χ4n) is 1.87. The van der Waals surface area contributed by atoms with E-state index in [1.54, 1.807) is 0 Å². The van der Waals surface area contributed by atoms with Gasteiger partial charge in [-0.1, -0.05) is 6.92 Å². The average Bonchev–Trinajstić information content (AvgIpc) is 2.21. The number of morpholine rings is 1. The molecule has 88 valence electrons. The van der Waals surface area contributed by atoms with Crippen molar-refractivity contribution in [2.24, 2.45) is 11.7 Å². The highest BCUT2D eigenvalue weighted by Crippen LogP contribution is 2.16. The zero-order valence-electron chi connectivity index (χ0n) is 9.90. The number of nitrogens with two attached hydrogens (primary N) is 1. The molecule has 0 aromatic carbocycles. The lowest BCUT2D eigenvalue weighted by atomic mass is 10.0. The van der Waals surface area contributed by atoms with Gasteiger partial charge in [0, 0.05) is 12.5 Å². The maximum absolute atomic E-state index is 12.1. The van der Waals surface area contributed by atoms with E-state index in [2.05, 4.69) is 0 Å². The van der Waals surface area contributed by atoms with Crippen LogP contribution in [0.1, 0.15) is 27.2 Å².